The van der Waals surface area contributed by atoms with Crippen LogP contribution < -0.4 is 4.74 Å². The lowest BCUT2D eigenvalue weighted by Gasteiger charge is -2.03. The van der Waals surface area contributed by atoms with E-state index in [-0.39, 0.29) is 0 Å². The number of fused-ring (bicyclic) bond motifs is 1. The van der Waals surface area contributed by atoms with Crippen molar-refractivity contribution in [3.05, 3.63) is 53.6 Å². The van der Waals surface area contributed by atoms with Gasteiger partial charge in [0.15, 0.2) is 6.29 Å². The summed E-state index contributed by atoms with van der Waals surface area (Å²) >= 11 is 0. The molecular weight excluding hydrogens is 250 g/mol. The molecule has 0 spiro atoms. The van der Waals surface area contributed by atoms with Gasteiger partial charge in [0, 0.05) is 27.7 Å². The highest BCUT2D eigenvalue weighted by atomic mass is 16.5. The van der Waals surface area contributed by atoms with Gasteiger partial charge in [-0.05, 0) is 37.3 Å². The number of rotatable bonds is 3. The fourth-order valence-corrected chi connectivity index (χ4v) is 2.39. The van der Waals surface area contributed by atoms with Gasteiger partial charge in [-0.15, -0.1) is 0 Å². The zero-order valence-electron chi connectivity index (χ0n) is 11.4. The largest absolute Gasteiger partial charge is 0.497 e. The molecule has 0 atom stereocenters. The first-order valence-corrected chi connectivity index (χ1v) is 6.44. The second-order valence-electron chi connectivity index (χ2n) is 4.84. The van der Waals surface area contributed by atoms with Crippen LogP contribution >= 0.6 is 0 Å². The summed E-state index contributed by atoms with van der Waals surface area (Å²) in [5.74, 6) is 0.822. The van der Waals surface area contributed by atoms with Crippen LogP contribution in [0.2, 0.25) is 0 Å². The molecule has 0 bridgehead atoms. The molecule has 3 rings (SSSR count). The molecule has 3 aromatic rings. The first-order valence-electron chi connectivity index (χ1n) is 6.44. The van der Waals surface area contributed by atoms with Crippen LogP contribution in [0, 0.1) is 6.92 Å². The average molecular weight is 265 g/mol. The van der Waals surface area contributed by atoms with E-state index in [0.29, 0.717) is 5.56 Å². The second-order valence-corrected chi connectivity index (χ2v) is 4.84. The minimum Gasteiger partial charge on any atom is -0.497 e. The maximum absolute atomic E-state index is 11.2. The summed E-state index contributed by atoms with van der Waals surface area (Å²) in [5, 5.41) is 1.07. The summed E-state index contributed by atoms with van der Waals surface area (Å²) in [4.78, 5) is 14.5. The molecule has 0 aliphatic rings. The van der Waals surface area contributed by atoms with E-state index in [9.17, 15) is 4.79 Å². The summed E-state index contributed by atoms with van der Waals surface area (Å²) in [6.07, 6.45) is 0.890. The van der Waals surface area contributed by atoms with Crippen molar-refractivity contribution in [2.24, 2.45) is 0 Å². The summed E-state index contributed by atoms with van der Waals surface area (Å²) in [7, 11) is 1.65. The molecule has 0 amide bonds. The lowest BCUT2D eigenvalue weighted by atomic mass is 10.0. The molecule has 3 heteroatoms. The monoisotopic (exact) mass is 265 g/mol. The minimum absolute atomic E-state index is 0.689. The van der Waals surface area contributed by atoms with E-state index in [1.54, 1.807) is 7.11 Å². The van der Waals surface area contributed by atoms with Gasteiger partial charge in [0.2, 0.25) is 0 Å². The van der Waals surface area contributed by atoms with Gasteiger partial charge in [-0.3, -0.25) is 4.79 Å². The van der Waals surface area contributed by atoms with Crippen LogP contribution in [0.4, 0.5) is 0 Å². The SMILES string of the molecule is COc1ccc2[nH]c(-c3cc(C)ccc3C=O)cc2c1. The van der Waals surface area contributed by atoms with E-state index in [0.717, 1.165) is 39.8 Å². The molecule has 0 radical (unpaired) electrons. The highest BCUT2D eigenvalue weighted by Gasteiger charge is 2.09. The molecule has 1 heterocycles. The van der Waals surface area contributed by atoms with Gasteiger partial charge in [0.05, 0.1) is 7.11 Å². The van der Waals surface area contributed by atoms with Gasteiger partial charge in [-0.1, -0.05) is 17.7 Å². The lowest BCUT2D eigenvalue weighted by Crippen LogP contribution is -1.88. The number of H-pyrrole nitrogens is 1. The second kappa shape index (κ2) is 4.85. The van der Waals surface area contributed by atoms with Gasteiger partial charge >= 0.3 is 0 Å². The Labute approximate surface area is 117 Å². The Kier molecular flexibility index (Phi) is 3.03. The van der Waals surface area contributed by atoms with Gasteiger partial charge in [-0.2, -0.15) is 0 Å². The Morgan fingerprint density at radius 3 is 2.70 bits per heavy atom. The molecule has 0 unspecified atom stereocenters. The predicted molar refractivity (Wildman–Crippen MR) is 80.4 cm³/mol. The van der Waals surface area contributed by atoms with Crippen LogP contribution in [0.15, 0.2) is 42.5 Å². The number of nitrogens with one attached hydrogen (secondary N) is 1. The first-order chi connectivity index (χ1) is 9.71. The molecule has 1 N–H and O–H groups in total. The van der Waals surface area contributed by atoms with E-state index < -0.39 is 0 Å². The number of carbonyl (C=O) groups excluding carboxylic acids is 1. The van der Waals surface area contributed by atoms with Gasteiger partial charge < -0.3 is 9.72 Å². The van der Waals surface area contributed by atoms with Crippen molar-refractivity contribution < 1.29 is 9.53 Å². The summed E-state index contributed by atoms with van der Waals surface area (Å²) < 4.78 is 5.23. The molecule has 0 saturated heterocycles. The third kappa shape index (κ3) is 2.07. The smallest absolute Gasteiger partial charge is 0.150 e. The van der Waals surface area contributed by atoms with Gasteiger partial charge in [0.25, 0.3) is 0 Å². The Balaban J connectivity index is 2.19. The third-order valence-corrected chi connectivity index (χ3v) is 3.45. The number of aldehydes is 1. The molecule has 1 aromatic heterocycles. The maximum Gasteiger partial charge on any atom is 0.150 e. The Hall–Kier alpha value is -2.55. The van der Waals surface area contributed by atoms with Crippen molar-refractivity contribution in [1.82, 2.24) is 4.98 Å². The minimum atomic E-state index is 0.689. The fraction of sp³-hybridized carbons (Fsp3) is 0.118. The van der Waals surface area contributed by atoms with Gasteiger partial charge in [0.1, 0.15) is 5.75 Å². The van der Waals surface area contributed by atoms with E-state index in [1.165, 1.54) is 0 Å². The van der Waals surface area contributed by atoms with Crippen LogP contribution in [-0.2, 0) is 0 Å². The van der Waals surface area contributed by atoms with Crippen LogP contribution in [0.5, 0.6) is 5.75 Å². The fourth-order valence-electron chi connectivity index (χ4n) is 2.39. The molecule has 0 fully saturated rings. The Morgan fingerprint density at radius 2 is 1.95 bits per heavy atom. The summed E-state index contributed by atoms with van der Waals surface area (Å²) in [6.45, 7) is 2.02. The number of ether oxygens (including phenoxy) is 1. The average Bonchev–Trinajstić information content (AvgIpc) is 2.89. The zero-order valence-corrected chi connectivity index (χ0v) is 11.4. The molecular formula is C17H15NO2. The van der Waals surface area contributed by atoms with Gasteiger partial charge in [-0.25, -0.2) is 0 Å². The number of hydrogen-bond donors (Lipinski definition) is 1. The predicted octanol–water partition coefficient (Wildman–Crippen LogP) is 3.96. The molecule has 20 heavy (non-hydrogen) atoms. The van der Waals surface area contributed by atoms with Crippen molar-refractivity contribution >= 4 is 17.2 Å². The molecule has 2 aromatic carbocycles. The van der Waals surface area contributed by atoms with Crippen LogP contribution in [-0.4, -0.2) is 18.4 Å². The number of benzene rings is 2. The van der Waals surface area contributed by atoms with Crippen molar-refractivity contribution in [2.45, 2.75) is 6.92 Å². The van der Waals surface area contributed by atoms with Crippen molar-refractivity contribution in [3.8, 4) is 17.0 Å². The van der Waals surface area contributed by atoms with E-state index in [2.05, 4.69) is 4.98 Å². The third-order valence-electron chi connectivity index (χ3n) is 3.45. The Bertz CT molecular complexity index is 787. The van der Waals surface area contributed by atoms with E-state index >= 15 is 0 Å². The van der Waals surface area contributed by atoms with Crippen LogP contribution in [0.25, 0.3) is 22.2 Å². The number of methoxy groups -OCH3 is 1. The number of carbonyl (C=O) groups is 1. The number of aryl methyl sites for hydroxylation is 1. The molecule has 100 valence electrons. The summed E-state index contributed by atoms with van der Waals surface area (Å²) in [5.41, 5.74) is 4.71. The number of hydrogen-bond acceptors (Lipinski definition) is 2. The molecule has 3 nitrogen and oxygen atoms in total. The number of aromatic amines is 1. The van der Waals surface area contributed by atoms with E-state index in [1.807, 2.05) is 49.4 Å². The van der Waals surface area contributed by atoms with E-state index in [4.69, 9.17) is 4.74 Å². The normalized spacial score (nSPS) is 10.7. The van der Waals surface area contributed by atoms with Crippen molar-refractivity contribution in [3.63, 3.8) is 0 Å². The molecule has 0 aliphatic heterocycles. The first kappa shape index (κ1) is 12.5. The highest BCUT2D eigenvalue weighted by molar-refractivity contribution is 5.92. The zero-order chi connectivity index (χ0) is 14.1. The van der Waals surface area contributed by atoms with Crippen molar-refractivity contribution in [1.29, 1.82) is 0 Å². The summed E-state index contributed by atoms with van der Waals surface area (Å²) in [6, 6.07) is 13.7. The highest BCUT2D eigenvalue weighted by Crippen LogP contribution is 2.29. The van der Waals surface area contributed by atoms with Crippen LogP contribution in [0.1, 0.15) is 15.9 Å². The molecule has 0 aliphatic carbocycles. The topological polar surface area (TPSA) is 42.1 Å². The quantitative estimate of drug-likeness (QED) is 0.728. The van der Waals surface area contributed by atoms with Crippen LogP contribution in [0.3, 0.4) is 0 Å². The standard InChI is InChI=1S/C17H15NO2/c1-11-3-4-12(10-19)15(7-11)17-9-13-8-14(20-2)5-6-16(13)18-17/h3-10,18H,1-2H3. The molecule has 0 saturated carbocycles. The van der Waals surface area contributed by atoms with Crippen molar-refractivity contribution in [2.75, 3.05) is 7.11 Å². The lowest BCUT2D eigenvalue weighted by molar-refractivity contribution is 0.112. The Morgan fingerprint density at radius 1 is 1.10 bits per heavy atom. The number of aromatic nitrogens is 1. The maximum atomic E-state index is 11.2.